The summed E-state index contributed by atoms with van der Waals surface area (Å²) in [7, 11) is 1.59. The average molecular weight is 375 g/mol. The number of rotatable bonds is 7. The minimum absolute atomic E-state index is 0.138. The number of carbonyl (C=O) groups is 2. The van der Waals surface area contributed by atoms with Crippen molar-refractivity contribution in [2.75, 3.05) is 7.05 Å². The van der Waals surface area contributed by atoms with Gasteiger partial charge in [-0.3, -0.25) is 9.59 Å². The maximum absolute atomic E-state index is 12.0. The Bertz CT molecular complexity index is 945. The lowest BCUT2D eigenvalue weighted by molar-refractivity contribution is -0.116. The second kappa shape index (κ2) is 9.27. The summed E-state index contributed by atoms with van der Waals surface area (Å²) >= 11 is 0. The zero-order valence-electron chi connectivity index (χ0n) is 15.5. The summed E-state index contributed by atoms with van der Waals surface area (Å²) in [6, 6.07) is 15.0. The van der Waals surface area contributed by atoms with Gasteiger partial charge >= 0.3 is 0 Å². The van der Waals surface area contributed by atoms with Crippen molar-refractivity contribution in [3.63, 3.8) is 0 Å². The van der Waals surface area contributed by atoms with Crippen LogP contribution in [0.25, 0.3) is 6.08 Å². The van der Waals surface area contributed by atoms with Gasteiger partial charge in [0.1, 0.15) is 12.7 Å². The molecule has 3 aromatic rings. The summed E-state index contributed by atoms with van der Waals surface area (Å²) < 4.78 is 1.75. The monoisotopic (exact) mass is 375 g/mol. The van der Waals surface area contributed by atoms with Gasteiger partial charge in [-0.1, -0.05) is 36.4 Å². The molecule has 7 nitrogen and oxygen atoms in total. The molecule has 142 valence electrons. The molecule has 0 aliphatic carbocycles. The van der Waals surface area contributed by atoms with Gasteiger partial charge in [0.25, 0.3) is 5.91 Å². The molecule has 0 spiro atoms. The van der Waals surface area contributed by atoms with Gasteiger partial charge in [0.05, 0.1) is 6.54 Å². The van der Waals surface area contributed by atoms with E-state index in [-0.39, 0.29) is 11.8 Å². The number of hydrogen-bond acceptors (Lipinski definition) is 4. The van der Waals surface area contributed by atoms with Crippen LogP contribution in [-0.4, -0.2) is 33.6 Å². The van der Waals surface area contributed by atoms with Crippen molar-refractivity contribution >= 4 is 17.9 Å². The zero-order chi connectivity index (χ0) is 19.8. The van der Waals surface area contributed by atoms with Gasteiger partial charge in [-0.15, -0.1) is 0 Å². The quantitative estimate of drug-likeness (QED) is 0.619. The molecule has 0 unspecified atom stereocenters. The lowest BCUT2D eigenvalue weighted by atomic mass is 10.1. The molecule has 0 radical (unpaired) electrons. The molecule has 2 N–H and O–H groups in total. The second-order valence-corrected chi connectivity index (χ2v) is 6.16. The molecule has 1 heterocycles. The minimum Gasteiger partial charge on any atom is -0.355 e. The van der Waals surface area contributed by atoms with E-state index < -0.39 is 0 Å². The predicted octanol–water partition coefficient (Wildman–Crippen LogP) is 2.02. The normalized spacial score (nSPS) is 10.8. The molecule has 7 heteroatoms. The molecular weight excluding hydrogens is 354 g/mol. The van der Waals surface area contributed by atoms with E-state index >= 15 is 0 Å². The van der Waals surface area contributed by atoms with Crippen molar-refractivity contribution in [3.8, 4) is 0 Å². The van der Waals surface area contributed by atoms with Crippen LogP contribution in [0.4, 0.5) is 0 Å². The molecule has 0 saturated carbocycles. The van der Waals surface area contributed by atoms with Crippen LogP contribution in [-0.2, 0) is 17.9 Å². The summed E-state index contributed by atoms with van der Waals surface area (Å²) in [5.41, 5.74) is 3.55. The molecule has 0 aliphatic heterocycles. The Labute approximate surface area is 163 Å². The van der Waals surface area contributed by atoms with Crippen molar-refractivity contribution in [1.82, 2.24) is 25.4 Å². The van der Waals surface area contributed by atoms with Crippen LogP contribution in [0.15, 0.2) is 67.3 Å². The van der Waals surface area contributed by atoms with E-state index in [9.17, 15) is 9.59 Å². The summed E-state index contributed by atoms with van der Waals surface area (Å²) in [6.07, 6.45) is 6.37. The Morgan fingerprint density at radius 3 is 2.39 bits per heavy atom. The van der Waals surface area contributed by atoms with Crippen molar-refractivity contribution < 1.29 is 9.59 Å². The van der Waals surface area contributed by atoms with Crippen molar-refractivity contribution in [2.24, 2.45) is 0 Å². The van der Waals surface area contributed by atoms with E-state index in [1.807, 2.05) is 24.3 Å². The van der Waals surface area contributed by atoms with Crippen LogP contribution in [0, 0.1) is 0 Å². The van der Waals surface area contributed by atoms with Gasteiger partial charge in [-0.25, -0.2) is 9.67 Å². The Morgan fingerprint density at radius 1 is 1.04 bits per heavy atom. The third-order valence-corrected chi connectivity index (χ3v) is 4.13. The van der Waals surface area contributed by atoms with Gasteiger partial charge in [0.15, 0.2) is 0 Å². The third kappa shape index (κ3) is 5.38. The fourth-order valence-corrected chi connectivity index (χ4v) is 2.57. The first kappa shape index (κ1) is 19.0. The Hall–Kier alpha value is -3.74. The largest absolute Gasteiger partial charge is 0.355 e. The zero-order valence-corrected chi connectivity index (χ0v) is 15.5. The molecule has 0 fully saturated rings. The maximum Gasteiger partial charge on any atom is 0.251 e. The van der Waals surface area contributed by atoms with E-state index in [2.05, 4.69) is 20.7 Å². The summed E-state index contributed by atoms with van der Waals surface area (Å²) in [6.45, 7) is 1.11. The van der Waals surface area contributed by atoms with Gasteiger partial charge in [0.2, 0.25) is 5.91 Å². The first-order valence-electron chi connectivity index (χ1n) is 8.82. The van der Waals surface area contributed by atoms with E-state index in [0.717, 1.165) is 16.7 Å². The van der Waals surface area contributed by atoms with E-state index in [0.29, 0.717) is 18.7 Å². The summed E-state index contributed by atoms with van der Waals surface area (Å²) in [4.78, 5) is 27.4. The van der Waals surface area contributed by atoms with Crippen LogP contribution >= 0.6 is 0 Å². The highest BCUT2D eigenvalue weighted by atomic mass is 16.2. The number of nitrogens with zero attached hydrogens (tertiary/aromatic N) is 3. The number of aromatic nitrogens is 3. The van der Waals surface area contributed by atoms with Gasteiger partial charge < -0.3 is 10.6 Å². The highest BCUT2D eigenvalue weighted by Crippen LogP contribution is 2.07. The number of carbonyl (C=O) groups excluding carboxylic acids is 2. The van der Waals surface area contributed by atoms with Gasteiger partial charge in [-0.2, -0.15) is 5.10 Å². The molecule has 2 amide bonds. The van der Waals surface area contributed by atoms with Crippen molar-refractivity contribution in [3.05, 3.63) is 89.5 Å². The Balaban J connectivity index is 1.48. The molecule has 0 saturated heterocycles. The molecular formula is C21H21N5O2. The fourth-order valence-electron chi connectivity index (χ4n) is 2.57. The lowest BCUT2D eigenvalue weighted by Gasteiger charge is -2.05. The number of amides is 2. The fraction of sp³-hybridized carbons (Fsp3) is 0.143. The van der Waals surface area contributed by atoms with Crippen LogP contribution in [0.3, 0.4) is 0 Å². The minimum atomic E-state index is -0.179. The summed E-state index contributed by atoms with van der Waals surface area (Å²) in [5.74, 6) is -0.317. The molecule has 28 heavy (non-hydrogen) atoms. The van der Waals surface area contributed by atoms with Crippen LogP contribution in [0.2, 0.25) is 0 Å². The van der Waals surface area contributed by atoms with Crippen molar-refractivity contribution in [1.29, 1.82) is 0 Å². The van der Waals surface area contributed by atoms with E-state index in [1.165, 1.54) is 12.4 Å². The Kier molecular flexibility index (Phi) is 6.30. The number of benzene rings is 2. The lowest BCUT2D eigenvalue weighted by Crippen LogP contribution is -2.20. The first-order valence-corrected chi connectivity index (χ1v) is 8.82. The molecule has 2 aromatic carbocycles. The maximum atomic E-state index is 12.0. The van der Waals surface area contributed by atoms with Crippen LogP contribution in [0.5, 0.6) is 0 Å². The summed E-state index contributed by atoms with van der Waals surface area (Å²) in [5, 5.41) is 9.50. The number of nitrogens with one attached hydrogen (secondary N) is 2. The predicted molar refractivity (Wildman–Crippen MR) is 106 cm³/mol. The molecule has 1 aromatic heterocycles. The van der Waals surface area contributed by atoms with E-state index in [4.69, 9.17) is 0 Å². The highest BCUT2D eigenvalue weighted by Gasteiger charge is 2.02. The average Bonchev–Trinajstić information content (AvgIpc) is 3.24. The SMILES string of the molecule is CNC(=O)c1ccc(/C=C/C(=O)NCc2ccc(Cn3cncn3)cc2)cc1. The Morgan fingerprint density at radius 2 is 1.75 bits per heavy atom. The third-order valence-electron chi connectivity index (χ3n) is 4.13. The van der Waals surface area contributed by atoms with E-state index in [1.54, 1.807) is 48.4 Å². The van der Waals surface area contributed by atoms with Crippen molar-refractivity contribution in [2.45, 2.75) is 13.1 Å². The topological polar surface area (TPSA) is 88.9 Å². The van der Waals surface area contributed by atoms with Crippen LogP contribution < -0.4 is 10.6 Å². The number of hydrogen-bond donors (Lipinski definition) is 2. The molecule has 0 atom stereocenters. The molecule has 0 bridgehead atoms. The van der Waals surface area contributed by atoms with Gasteiger partial charge in [0, 0.05) is 25.2 Å². The standard InChI is InChI=1S/C21H21N5O2/c1-22-21(28)19-9-6-16(7-10-19)8-11-20(27)24-12-17-2-4-18(5-3-17)13-26-15-23-14-25-26/h2-11,14-15H,12-13H2,1H3,(H,22,28)(H,24,27)/b11-8+. The smallest absolute Gasteiger partial charge is 0.251 e. The first-order chi connectivity index (χ1) is 13.6. The highest BCUT2D eigenvalue weighted by molar-refractivity contribution is 5.94. The van der Waals surface area contributed by atoms with Gasteiger partial charge in [-0.05, 0) is 34.9 Å². The molecule has 3 rings (SSSR count). The second-order valence-electron chi connectivity index (χ2n) is 6.16. The van der Waals surface area contributed by atoms with Crippen LogP contribution in [0.1, 0.15) is 27.0 Å². The molecule has 0 aliphatic rings.